The van der Waals surface area contributed by atoms with E-state index in [1.54, 1.807) is 0 Å². The summed E-state index contributed by atoms with van der Waals surface area (Å²) in [4.78, 5) is 0. The molecule has 0 bridgehead atoms. The summed E-state index contributed by atoms with van der Waals surface area (Å²) in [5.41, 5.74) is 0.577. The molecule has 0 heterocycles. The summed E-state index contributed by atoms with van der Waals surface area (Å²) in [6.07, 6.45) is 1.27. The van der Waals surface area contributed by atoms with Crippen LogP contribution >= 0.6 is 0 Å². The molecule has 91 valence electrons. The molecule has 0 rings (SSSR count). The summed E-state index contributed by atoms with van der Waals surface area (Å²) in [5.74, 6) is 2.14. The first-order chi connectivity index (χ1) is 6.55. The van der Waals surface area contributed by atoms with Crippen LogP contribution in [0.3, 0.4) is 0 Å². The normalized spacial score (nSPS) is 19.8. The lowest BCUT2D eigenvalue weighted by molar-refractivity contribution is 0.0532. The van der Waals surface area contributed by atoms with Crippen LogP contribution in [-0.2, 0) is 0 Å². The zero-order chi connectivity index (χ0) is 12.4. The van der Waals surface area contributed by atoms with Gasteiger partial charge in [-0.25, -0.2) is 0 Å². The van der Waals surface area contributed by atoms with Crippen LogP contribution < -0.4 is 0 Å². The first-order valence-corrected chi connectivity index (χ1v) is 6.40. The number of hydrogen-bond donors (Lipinski definition) is 0. The summed E-state index contributed by atoms with van der Waals surface area (Å²) in [5, 5.41) is 0. The molecule has 0 aliphatic heterocycles. The summed E-state index contributed by atoms with van der Waals surface area (Å²) in [7, 11) is 0. The van der Waals surface area contributed by atoms with Gasteiger partial charge in [0.25, 0.3) is 0 Å². The number of hydrogen-bond acceptors (Lipinski definition) is 0. The van der Waals surface area contributed by atoms with Crippen LogP contribution in [0.15, 0.2) is 0 Å². The van der Waals surface area contributed by atoms with Gasteiger partial charge < -0.3 is 0 Å². The van der Waals surface area contributed by atoms with Crippen molar-refractivity contribution in [3.8, 4) is 0 Å². The minimum Gasteiger partial charge on any atom is -0.0651 e. The van der Waals surface area contributed by atoms with Gasteiger partial charge in [0.05, 0.1) is 0 Å². The van der Waals surface area contributed by atoms with E-state index < -0.39 is 0 Å². The molecule has 0 aromatic carbocycles. The maximum Gasteiger partial charge on any atom is -0.0300 e. The molecule has 0 aliphatic carbocycles. The smallest absolute Gasteiger partial charge is 0.0300 e. The van der Waals surface area contributed by atoms with Crippen molar-refractivity contribution in [3.05, 3.63) is 6.92 Å². The lowest BCUT2D eigenvalue weighted by atomic mass is 9.61. The van der Waals surface area contributed by atoms with Gasteiger partial charge in [0.1, 0.15) is 0 Å². The van der Waals surface area contributed by atoms with Crippen LogP contribution in [-0.4, -0.2) is 0 Å². The Labute approximate surface area is 97.8 Å². The lowest BCUT2D eigenvalue weighted by Crippen LogP contribution is -2.37. The Balaban J connectivity index is 4.76. The Morgan fingerprint density at radius 3 is 1.60 bits per heavy atom. The molecule has 1 radical (unpaired) electrons. The van der Waals surface area contributed by atoms with Crippen LogP contribution in [0.2, 0.25) is 0 Å². The van der Waals surface area contributed by atoms with Gasteiger partial charge in [-0.3, -0.25) is 0 Å². The summed E-state index contributed by atoms with van der Waals surface area (Å²) in [6.45, 7) is 23.0. The van der Waals surface area contributed by atoms with Crippen molar-refractivity contribution in [2.75, 3.05) is 0 Å². The summed E-state index contributed by atoms with van der Waals surface area (Å²) < 4.78 is 0. The third-order valence-electron chi connectivity index (χ3n) is 5.04. The van der Waals surface area contributed by atoms with Crippen molar-refractivity contribution in [2.45, 2.75) is 61.8 Å². The zero-order valence-electron chi connectivity index (χ0n) is 12.1. The third-order valence-corrected chi connectivity index (χ3v) is 5.04. The molecule has 0 fully saturated rings. The molecule has 0 aliphatic rings. The standard InChI is InChI=1S/C15H31/c1-10-11(2)15(8,9)13(4)12(3)14(5,6)7/h11-13H,5,10H2,1-4,6-9H3. The maximum atomic E-state index is 4.29. The Bertz CT molecular complexity index is 183. The first-order valence-electron chi connectivity index (χ1n) is 6.40. The van der Waals surface area contributed by atoms with E-state index in [1.807, 2.05) is 0 Å². The van der Waals surface area contributed by atoms with Crippen molar-refractivity contribution < 1.29 is 0 Å². The topological polar surface area (TPSA) is 0 Å². The largest absolute Gasteiger partial charge is 0.0651 e. The molecular formula is C15H31. The molecule has 0 heteroatoms. The van der Waals surface area contributed by atoms with E-state index in [0.717, 1.165) is 5.92 Å². The molecule has 0 saturated carbocycles. The van der Waals surface area contributed by atoms with E-state index in [9.17, 15) is 0 Å². The van der Waals surface area contributed by atoms with Crippen molar-refractivity contribution in [3.63, 3.8) is 0 Å². The highest BCUT2D eigenvalue weighted by atomic mass is 14.4. The maximum absolute atomic E-state index is 4.29. The third kappa shape index (κ3) is 3.50. The highest BCUT2D eigenvalue weighted by molar-refractivity contribution is 4.89. The SMILES string of the molecule is [CH2]C(C)(C)C(C)C(C)C(C)(C)C(C)CC. The van der Waals surface area contributed by atoms with E-state index >= 15 is 0 Å². The fraction of sp³-hybridized carbons (Fsp3) is 0.933. The molecule has 3 unspecified atom stereocenters. The average Bonchev–Trinajstić information content (AvgIpc) is 2.12. The van der Waals surface area contributed by atoms with Gasteiger partial charge >= 0.3 is 0 Å². The van der Waals surface area contributed by atoms with Gasteiger partial charge in [0.15, 0.2) is 0 Å². The van der Waals surface area contributed by atoms with E-state index in [0.29, 0.717) is 17.3 Å². The minimum absolute atomic E-state index is 0.171. The van der Waals surface area contributed by atoms with Crippen LogP contribution in [0.4, 0.5) is 0 Å². The molecule has 0 aromatic rings. The van der Waals surface area contributed by atoms with Gasteiger partial charge in [-0.15, -0.1) is 0 Å². The van der Waals surface area contributed by atoms with Crippen LogP contribution in [0.25, 0.3) is 0 Å². The monoisotopic (exact) mass is 211 g/mol. The Morgan fingerprint density at radius 1 is 0.933 bits per heavy atom. The van der Waals surface area contributed by atoms with Gasteiger partial charge in [-0.1, -0.05) is 61.8 Å². The van der Waals surface area contributed by atoms with E-state index in [1.165, 1.54) is 6.42 Å². The predicted molar refractivity (Wildman–Crippen MR) is 70.7 cm³/mol. The van der Waals surface area contributed by atoms with E-state index in [4.69, 9.17) is 0 Å². The first kappa shape index (κ1) is 15.0. The van der Waals surface area contributed by atoms with Crippen molar-refractivity contribution in [1.29, 1.82) is 0 Å². The van der Waals surface area contributed by atoms with Crippen LogP contribution in [0.5, 0.6) is 0 Å². The summed E-state index contributed by atoms with van der Waals surface area (Å²) in [6, 6.07) is 0. The highest BCUT2D eigenvalue weighted by Gasteiger charge is 2.38. The highest BCUT2D eigenvalue weighted by Crippen LogP contribution is 2.45. The van der Waals surface area contributed by atoms with Gasteiger partial charge in [-0.05, 0) is 35.5 Å². The van der Waals surface area contributed by atoms with Gasteiger partial charge in [0, 0.05) is 0 Å². The second kappa shape index (κ2) is 4.89. The molecule has 0 nitrogen and oxygen atoms in total. The van der Waals surface area contributed by atoms with Crippen molar-refractivity contribution in [1.82, 2.24) is 0 Å². The van der Waals surface area contributed by atoms with E-state index in [-0.39, 0.29) is 5.41 Å². The number of rotatable bonds is 5. The Hall–Kier alpha value is 0. The molecule has 0 spiro atoms. The van der Waals surface area contributed by atoms with Gasteiger partial charge in [-0.2, -0.15) is 0 Å². The molecule has 0 saturated heterocycles. The quantitative estimate of drug-likeness (QED) is 0.587. The fourth-order valence-corrected chi connectivity index (χ4v) is 2.30. The molecule has 0 amide bonds. The van der Waals surface area contributed by atoms with Crippen LogP contribution in [0, 0.1) is 35.5 Å². The summed E-state index contributed by atoms with van der Waals surface area (Å²) >= 11 is 0. The van der Waals surface area contributed by atoms with Crippen LogP contribution in [0.1, 0.15) is 61.8 Å². The second-order valence-electron chi connectivity index (χ2n) is 6.70. The molecular weight excluding hydrogens is 180 g/mol. The predicted octanol–water partition coefficient (Wildman–Crippen LogP) is 5.19. The second-order valence-corrected chi connectivity index (χ2v) is 6.70. The average molecular weight is 211 g/mol. The van der Waals surface area contributed by atoms with Crippen molar-refractivity contribution >= 4 is 0 Å². The minimum atomic E-state index is 0.171. The Kier molecular flexibility index (Phi) is 4.89. The van der Waals surface area contributed by atoms with E-state index in [2.05, 4.69) is 62.3 Å². The fourth-order valence-electron chi connectivity index (χ4n) is 2.30. The molecule has 15 heavy (non-hydrogen) atoms. The van der Waals surface area contributed by atoms with Gasteiger partial charge in [0.2, 0.25) is 0 Å². The molecule has 3 atom stereocenters. The Morgan fingerprint density at radius 2 is 1.33 bits per heavy atom. The molecule has 0 N–H and O–H groups in total. The lowest BCUT2D eigenvalue weighted by Gasteiger charge is -2.45. The van der Waals surface area contributed by atoms with Crippen molar-refractivity contribution in [2.24, 2.45) is 28.6 Å². The zero-order valence-corrected chi connectivity index (χ0v) is 12.1. The molecule has 0 aromatic heterocycles.